The van der Waals surface area contributed by atoms with Crippen molar-refractivity contribution in [3.8, 4) is 0 Å². The van der Waals surface area contributed by atoms with E-state index >= 15 is 0 Å². The molecule has 26 heavy (non-hydrogen) atoms. The summed E-state index contributed by atoms with van der Waals surface area (Å²) in [4.78, 5) is 31.2. The Balaban J connectivity index is 2.04. The second-order valence-electron chi connectivity index (χ2n) is 5.68. The summed E-state index contributed by atoms with van der Waals surface area (Å²) in [6, 6.07) is 4.92. The van der Waals surface area contributed by atoms with E-state index in [0.29, 0.717) is 16.8 Å². The number of allylic oxidation sites excluding steroid dienone is 2. The number of amides is 1. The number of carbonyl (C=O) groups excluding carboxylic acids is 1. The topological polar surface area (TPSA) is 127 Å². The van der Waals surface area contributed by atoms with Crippen LogP contribution >= 0.6 is 0 Å². The minimum Gasteiger partial charge on any atom is -0.477 e. The number of primary amides is 1. The lowest BCUT2D eigenvalue weighted by atomic mass is 10.00. The fraction of sp³-hybridized carbons (Fsp3) is 0.111. The van der Waals surface area contributed by atoms with Crippen molar-refractivity contribution >= 4 is 23.1 Å². The van der Waals surface area contributed by atoms with Gasteiger partial charge in [-0.25, -0.2) is 9.78 Å². The average Bonchev–Trinajstić information content (AvgIpc) is 2.64. The first-order chi connectivity index (χ1) is 12.4. The van der Waals surface area contributed by atoms with Crippen LogP contribution in [0.1, 0.15) is 21.6 Å². The number of aromatic nitrogens is 2. The van der Waals surface area contributed by atoms with E-state index in [9.17, 15) is 9.59 Å². The molecule has 8 nitrogen and oxygen atoms in total. The van der Waals surface area contributed by atoms with E-state index in [1.165, 1.54) is 24.6 Å². The van der Waals surface area contributed by atoms with Crippen LogP contribution in [0.3, 0.4) is 0 Å². The smallest absolute Gasteiger partial charge is 0.354 e. The zero-order valence-electron chi connectivity index (χ0n) is 13.8. The number of anilines is 1. The predicted octanol–water partition coefficient (Wildman–Crippen LogP) is 1.70. The number of carbonyl (C=O) groups is 2. The number of ether oxygens (including phenoxy) is 1. The zero-order chi connectivity index (χ0) is 18.7. The monoisotopic (exact) mass is 352 g/mol. The number of hydrogen-bond acceptors (Lipinski definition) is 6. The average molecular weight is 352 g/mol. The summed E-state index contributed by atoms with van der Waals surface area (Å²) >= 11 is 0. The Morgan fingerprint density at radius 3 is 2.81 bits per heavy atom. The van der Waals surface area contributed by atoms with Gasteiger partial charge in [-0.05, 0) is 42.3 Å². The third-order valence-corrected chi connectivity index (χ3v) is 3.86. The number of rotatable bonds is 5. The maximum atomic E-state index is 12.2. The lowest BCUT2D eigenvalue weighted by Crippen LogP contribution is -2.51. The van der Waals surface area contributed by atoms with Gasteiger partial charge in [0.05, 0.1) is 6.26 Å². The van der Waals surface area contributed by atoms with Crippen molar-refractivity contribution in [3.63, 3.8) is 0 Å². The maximum Gasteiger partial charge on any atom is 0.354 e. The van der Waals surface area contributed by atoms with Gasteiger partial charge in [0.25, 0.3) is 11.6 Å². The molecule has 0 spiro atoms. The fourth-order valence-electron chi connectivity index (χ4n) is 2.46. The van der Waals surface area contributed by atoms with E-state index in [-0.39, 0.29) is 5.69 Å². The van der Waals surface area contributed by atoms with Gasteiger partial charge in [-0.1, -0.05) is 6.07 Å². The molecule has 1 aliphatic heterocycles. The molecule has 132 valence electrons. The van der Waals surface area contributed by atoms with Crippen LogP contribution < -0.4 is 11.1 Å². The minimum atomic E-state index is -1.68. The highest BCUT2D eigenvalue weighted by atomic mass is 16.5. The molecule has 0 aliphatic carbocycles. The van der Waals surface area contributed by atoms with Crippen LogP contribution in [-0.4, -0.2) is 32.7 Å². The van der Waals surface area contributed by atoms with Crippen molar-refractivity contribution in [3.05, 3.63) is 72.0 Å². The van der Waals surface area contributed by atoms with Crippen molar-refractivity contribution in [1.29, 1.82) is 0 Å². The van der Waals surface area contributed by atoms with Crippen LogP contribution in [0.5, 0.6) is 0 Å². The van der Waals surface area contributed by atoms with E-state index in [0.717, 1.165) is 5.56 Å². The van der Waals surface area contributed by atoms with Gasteiger partial charge in [0.15, 0.2) is 0 Å². The van der Waals surface area contributed by atoms with Crippen molar-refractivity contribution < 1.29 is 19.4 Å². The van der Waals surface area contributed by atoms with Crippen molar-refractivity contribution in [2.45, 2.75) is 12.6 Å². The number of hydrogen-bond donors (Lipinski definition) is 3. The highest BCUT2D eigenvalue weighted by Gasteiger charge is 2.38. The number of nitrogens with one attached hydrogen (secondary N) is 1. The molecular formula is C18H16N4O4. The quantitative estimate of drug-likeness (QED) is 0.747. The number of aromatic carboxylic acids is 1. The molecule has 1 aliphatic rings. The van der Waals surface area contributed by atoms with Crippen molar-refractivity contribution in [2.24, 2.45) is 5.73 Å². The summed E-state index contributed by atoms with van der Waals surface area (Å²) in [6.07, 6.45) is 9.25. The molecule has 0 aromatic carbocycles. The first-order valence-corrected chi connectivity index (χ1v) is 7.67. The normalized spacial score (nSPS) is 18.6. The second kappa shape index (κ2) is 6.67. The van der Waals surface area contributed by atoms with Crippen molar-refractivity contribution in [1.82, 2.24) is 9.97 Å². The molecule has 2 aromatic rings. The highest BCUT2D eigenvalue weighted by molar-refractivity contribution is 5.94. The van der Waals surface area contributed by atoms with Gasteiger partial charge >= 0.3 is 5.97 Å². The first kappa shape index (κ1) is 17.2. The molecule has 4 N–H and O–H groups in total. The van der Waals surface area contributed by atoms with Gasteiger partial charge in [-0.2, -0.15) is 0 Å². The molecule has 8 heteroatoms. The highest BCUT2D eigenvalue weighted by Crippen LogP contribution is 2.29. The summed E-state index contributed by atoms with van der Waals surface area (Å²) in [5.41, 5.74) is 6.20. The summed E-state index contributed by atoms with van der Waals surface area (Å²) in [5, 5.41) is 12.0. The largest absolute Gasteiger partial charge is 0.477 e. The van der Waals surface area contributed by atoms with Crippen LogP contribution in [0.4, 0.5) is 5.69 Å². The van der Waals surface area contributed by atoms with Crippen molar-refractivity contribution in [2.75, 3.05) is 5.32 Å². The van der Waals surface area contributed by atoms with E-state index in [4.69, 9.17) is 15.6 Å². The molecule has 2 aromatic heterocycles. The van der Waals surface area contributed by atoms with Gasteiger partial charge in [-0.15, -0.1) is 0 Å². The van der Waals surface area contributed by atoms with E-state index in [1.54, 1.807) is 31.5 Å². The van der Waals surface area contributed by atoms with Crippen LogP contribution in [0, 0.1) is 6.92 Å². The van der Waals surface area contributed by atoms with Gasteiger partial charge in [-0.3, -0.25) is 9.78 Å². The molecule has 0 saturated heterocycles. The van der Waals surface area contributed by atoms with Crippen LogP contribution in [0.25, 0.3) is 5.57 Å². The Bertz CT molecular complexity index is 924. The molecule has 0 radical (unpaired) electrons. The van der Waals surface area contributed by atoms with Gasteiger partial charge < -0.3 is 20.9 Å². The third kappa shape index (κ3) is 3.25. The fourth-order valence-corrected chi connectivity index (χ4v) is 2.46. The summed E-state index contributed by atoms with van der Waals surface area (Å²) in [7, 11) is 0. The van der Waals surface area contributed by atoms with E-state index in [1.807, 2.05) is 6.07 Å². The first-order valence-electron chi connectivity index (χ1n) is 7.67. The Morgan fingerprint density at radius 1 is 1.35 bits per heavy atom. The van der Waals surface area contributed by atoms with Gasteiger partial charge in [0.1, 0.15) is 5.69 Å². The lowest BCUT2D eigenvalue weighted by Gasteiger charge is -2.32. The van der Waals surface area contributed by atoms with Crippen LogP contribution in [-0.2, 0) is 9.53 Å². The number of nitrogens with two attached hydrogens (primary N) is 1. The maximum absolute atomic E-state index is 12.2. The molecule has 3 heterocycles. The minimum absolute atomic E-state index is 0.166. The number of aryl methyl sites for hydroxylation is 1. The molecule has 1 amide bonds. The Kier molecular flexibility index (Phi) is 4.40. The van der Waals surface area contributed by atoms with Crippen LogP contribution in [0.15, 0.2) is 55.2 Å². The Morgan fingerprint density at radius 2 is 2.15 bits per heavy atom. The molecule has 0 saturated carbocycles. The molecule has 0 bridgehead atoms. The standard InChI is InChI=1S/C18H16N4O4/c1-11-9-21-15(16(23)24)7-14(11)22-18(17(19)25)8-12(4-6-26-18)13-3-2-5-20-10-13/h2-10H,1H3,(H2,19,25)(H,21,22)(H,23,24). The van der Waals surface area contributed by atoms with Gasteiger partial charge in [0.2, 0.25) is 0 Å². The van der Waals surface area contributed by atoms with E-state index in [2.05, 4.69) is 15.3 Å². The SMILES string of the molecule is Cc1cnc(C(=O)O)cc1NC1(C(N)=O)C=C(c2cccnc2)C=CO1. The number of pyridine rings is 2. The number of carboxylic acid groups (broad SMARTS) is 1. The number of nitrogens with zero attached hydrogens (tertiary/aromatic N) is 2. The summed E-state index contributed by atoms with van der Waals surface area (Å²) < 4.78 is 5.51. The zero-order valence-corrected chi connectivity index (χ0v) is 13.8. The number of carboxylic acids is 1. The molecule has 0 fully saturated rings. The predicted molar refractivity (Wildman–Crippen MR) is 93.9 cm³/mol. The van der Waals surface area contributed by atoms with E-state index < -0.39 is 17.6 Å². The Labute approximate surface area is 149 Å². The summed E-state index contributed by atoms with van der Waals surface area (Å²) in [6.45, 7) is 1.72. The summed E-state index contributed by atoms with van der Waals surface area (Å²) in [5.74, 6) is -1.96. The lowest BCUT2D eigenvalue weighted by molar-refractivity contribution is -0.130. The third-order valence-electron chi connectivity index (χ3n) is 3.86. The molecular weight excluding hydrogens is 336 g/mol. The van der Waals surface area contributed by atoms with Crippen LogP contribution in [0.2, 0.25) is 0 Å². The molecule has 1 atom stereocenters. The molecule has 1 unspecified atom stereocenters. The molecule has 3 rings (SSSR count). The second-order valence-corrected chi connectivity index (χ2v) is 5.68. The van der Waals surface area contributed by atoms with Gasteiger partial charge in [0, 0.05) is 29.8 Å². The Hall–Kier alpha value is -3.68.